The van der Waals surface area contributed by atoms with Crippen LogP contribution in [-0.2, 0) is 6.42 Å². The Hall–Kier alpha value is -1.00. The zero-order valence-corrected chi connectivity index (χ0v) is 8.27. The largest absolute Gasteiger partial charge is 0.330 e. The Bertz CT molecular complexity index is 422. The molecule has 0 bridgehead atoms. The van der Waals surface area contributed by atoms with Gasteiger partial charge in [0.05, 0.1) is 0 Å². The molecule has 2 aromatic heterocycles. The third kappa shape index (κ3) is 1.55. The number of hydrogen-bond donors (Lipinski definition) is 1. The Morgan fingerprint density at radius 2 is 2.31 bits per heavy atom. The first kappa shape index (κ1) is 8.59. The van der Waals surface area contributed by atoms with Gasteiger partial charge in [0, 0.05) is 17.5 Å². The average Bonchev–Trinajstić information content (AvgIpc) is 2.53. The number of thiophene rings is 1. The van der Waals surface area contributed by atoms with Gasteiger partial charge in [-0.2, -0.15) is 0 Å². The smallest absolute Gasteiger partial charge is 0.131 e. The summed E-state index contributed by atoms with van der Waals surface area (Å²) in [5, 5.41) is 3.20. The monoisotopic (exact) mass is 193 g/mol. The van der Waals surface area contributed by atoms with Gasteiger partial charge in [0.1, 0.15) is 10.7 Å². The lowest BCUT2D eigenvalue weighted by atomic mass is 10.3. The zero-order chi connectivity index (χ0) is 9.26. The van der Waals surface area contributed by atoms with E-state index in [4.69, 9.17) is 5.73 Å². The van der Waals surface area contributed by atoms with Gasteiger partial charge in [-0.05, 0) is 24.9 Å². The van der Waals surface area contributed by atoms with Gasteiger partial charge in [0.2, 0.25) is 0 Å². The minimum absolute atomic E-state index is 0.607. The number of rotatable bonds is 2. The molecular formula is C9H11N3S. The van der Waals surface area contributed by atoms with Crippen molar-refractivity contribution in [2.24, 2.45) is 5.73 Å². The molecule has 2 N–H and O–H groups in total. The fourth-order valence-corrected chi connectivity index (χ4v) is 2.13. The normalized spacial score (nSPS) is 10.9. The number of aromatic nitrogens is 2. The molecule has 0 aliphatic rings. The van der Waals surface area contributed by atoms with Crippen LogP contribution < -0.4 is 5.73 Å². The van der Waals surface area contributed by atoms with E-state index in [1.165, 1.54) is 0 Å². The van der Waals surface area contributed by atoms with E-state index < -0.39 is 0 Å². The second-order valence-corrected chi connectivity index (χ2v) is 3.80. The molecular weight excluding hydrogens is 182 g/mol. The average molecular weight is 193 g/mol. The molecule has 4 heteroatoms. The van der Waals surface area contributed by atoms with Crippen molar-refractivity contribution in [1.29, 1.82) is 0 Å². The summed E-state index contributed by atoms with van der Waals surface area (Å²) in [6.07, 6.45) is 0.759. The summed E-state index contributed by atoms with van der Waals surface area (Å²) in [4.78, 5) is 9.86. The fourth-order valence-electron chi connectivity index (χ4n) is 1.30. The topological polar surface area (TPSA) is 51.8 Å². The number of nitrogens with zero attached hydrogens (tertiary/aromatic N) is 2. The van der Waals surface area contributed by atoms with Gasteiger partial charge >= 0.3 is 0 Å². The molecule has 0 spiro atoms. The molecule has 0 aliphatic carbocycles. The minimum atomic E-state index is 0.607. The third-order valence-corrected chi connectivity index (χ3v) is 2.74. The summed E-state index contributed by atoms with van der Waals surface area (Å²) in [5.74, 6) is 0.856. The molecule has 2 heterocycles. The van der Waals surface area contributed by atoms with Crippen molar-refractivity contribution in [3.63, 3.8) is 0 Å². The lowest BCUT2D eigenvalue weighted by molar-refractivity contribution is 0.871. The predicted molar refractivity (Wildman–Crippen MR) is 54.9 cm³/mol. The molecule has 0 saturated carbocycles. The van der Waals surface area contributed by atoms with E-state index in [0.717, 1.165) is 28.2 Å². The van der Waals surface area contributed by atoms with Crippen molar-refractivity contribution in [3.05, 3.63) is 23.0 Å². The molecule has 0 fully saturated rings. The van der Waals surface area contributed by atoms with Crippen LogP contribution in [0.25, 0.3) is 10.2 Å². The predicted octanol–water partition coefficient (Wildman–Crippen LogP) is 1.50. The van der Waals surface area contributed by atoms with E-state index in [1.54, 1.807) is 11.3 Å². The molecule has 13 heavy (non-hydrogen) atoms. The van der Waals surface area contributed by atoms with Gasteiger partial charge in [-0.3, -0.25) is 0 Å². The maximum Gasteiger partial charge on any atom is 0.131 e. The molecule has 0 saturated heterocycles. The molecule has 3 nitrogen and oxygen atoms in total. The Labute approximate surface area is 80.6 Å². The summed E-state index contributed by atoms with van der Waals surface area (Å²) in [6.45, 7) is 2.62. The fraction of sp³-hybridized carbons (Fsp3) is 0.333. The first-order chi connectivity index (χ1) is 6.31. The van der Waals surface area contributed by atoms with Crippen molar-refractivity contribution in [2.75, 3.05) is 6.54 Å². The molecule has 0 radical (unpaired) electrons. The van der Waals surface area contributed by atoms with Crippen LogP contribution in [0.2, 0.25) is 0 Å². The van der Waals surface area contributed by atoms with Crippen LogP contribution in [0.1, 0.15) is 11.5 Å². The molecule has 0 amide bonds. The van der Waals surface area contributed by atoms with Crippen LogP contribution in [0.5, 0.6) is 0 Å². The number of aryl methyl sites for hydroxylation is 1. The zero-order valence-electron chi connectivity index (χ0n) is 7.45. The van der Waals surface area contributed by atoms with Gasteiger partial charge in [0.15, 0.2) is 0 Å². The lowest BCUT2D eigenvalue weighted by Gasteiger charge is -1.99. The van der Waals surface area contributed by atoms with E-state index in [0.29, 0.717) is 6.54 Å². The quantitative estimate of drug-likeness (QED) is 0.786. The van der Waals surface area contributed by atoms with Gasteiger partial charge in [-0.1, -0.05) is 0 Å². The summed E-state index contributed by atoms with van der Waals surface area (Å²) < 4.78 is 0. The molecule has 68 valence electrons. The Kier molecular flexibility index (Phi) is 2.24. The first-order valence-electron chi connectivity index (χ1n) is 4.22. The van der Waals surface area contributed by atoms with Crippen LogP contribution in [0.15, 0.2) is 11.4 Å². The molecule has 0 atom stereocenters. The first-order valence-corrected chi connectivity index (χ1v) is 5.10. The van der Waals surface area contributed by atoms with Crippen LogP contribution in [0, 0.1) is 6.92 Å². The van der Waals surface area contributed by atoms with E-state index >= 15 is 0 Å². The number of fused-ring (bicyclic) bond motifs is 1. The highest BCUT2D eigenvalue weighted by atomic mass is 32.1. The van der Waals surface area contributed by atoms with Crippen LogP contribution in [0.3, 0.4) is 0 Å². The standard InChI is InChI=1S/C9H11N3S/c1-6-7-3-5-13-9(7)12-8(11-6)2-4-10/h3,5H,2,4,10H2,1H3. The molecule has 0 aliphatic heterocycles. The number of nitrogens with two attached hydrogens (primary N) is 1. The van der Waals surface area contributed by atoms with Crippen molar-refractivity contribution >= 4 is 21.6 Å². The second kappa shape index (κ2) is 3.40. The van der Waals surface area contributed by atoms with Crippen molar-refractivity contribution in [3.8, 4) is 0 Å². The molecule has 2 rings (SSSR count). The maximum absolute atomic E-state index is 5.45. The SMILES string of the molecule is Cc1nc(CCN)nc2sccc12. The Morgan fingerprint density at radius 1 is 1.46 bits per heavy atom. The molecule has 0 aromatic carbocycles. The second-order valence-electron chi connectivity index (χ2n) is 2.90. The lowest BCUT2D eigenvalue weighted by Crippen LogP contribution is -2.06. The van der Waals surface area contributed by atoms with E-state index in [9.17, 15) is 0 Å². The van der Waals surface area contributed by atoms with Gasteiger partial charge in [0.25, 0.3) is 0 Å². The van der Waals surface area contributed by atoms with Crippen LogP contribution in [0.4, 0.5) is 0 Å². The minimum Gasteiger partial charge on any atom is -0.330 e. The van der Waals surface area contributed by atoms with E-state index in [-0.39, 0.29) is 0 Å². The Morgan fingerprint density at radius 3 is 3.08 bits per heavy atom. The van der Waals surface area contributed by atoms with Crippen molar-refractivity contribution in [2.45, 2.75) is 13.3 Å². The highest BCUT2D eigenvalue weighted by molar-refractivity contribution is 7.16. The number of hydrogen-bond acceptors (Lipinski definition) is 4. The van der Waals surface area contributed by atoms with E-state index in [2.05, 4.69) is 16.0 Å². The van der Waals surface area contributed by atoms with Crippen LogP contribution in [-0.4, -0.2) is 16.5 Å². The molecule has 0 unspecified atom stereocenters. The maximum atomic E-state index is 5.45. The van der Waals surface area contributed by atoms with Gasteiger partial charge in [-0.25, -0.2) is 9.97 Å². The van der Waals surface area contributed by atoms with Gasteiger partial charge in [-0.15, -0.1) is 11.3 Å². The summed E-state index contributed by atoms with van der Waals surface area (Å²) in [6, 6.07) is 2.06. The summed E-state index contributed by atoms with van der Waals surface area (Å²) in [7, 11) is 0. The summed E-state index contributed by atoms with van der Waals surface area (Å²) >= 11 is 1.65. The third-order valence-electron chi connectivity index (χ3n) is 1.93. The van der Waals surface area contributed by atoms with Crippen molar-refractivity contribution < 1.29 is 0 Å². The highest BCUT2D eigenvalue weighted by Gasteiger charge is 2.03. The Balaban J connectivity index is 2.56. The molecule has 2 aromatic rings. The van der Waals surface area contributed by atoms with Crippen LogP contribution >= 0.6 is 11.3 Å². The van der Waals surface area contributed by atoms with E-state index in [1.807, 2.05) is 12.3 Å². The summed E-state index contributed by atoms with van der Waals surface area (Å²) in [5.41, 5.74) is 6.50. The van der Waals surface area contributed by atoms with Gasteiger partial charge < -0.3 is 5.73 Å². The highest BCUT2D eigenvalue weighted by Crippen LogP contribution is 2.20. The van der Waals surface area contributed by atoms with Crippen molar-refractivity contribution in [1.82, 2.24) is 9.97 Å².